The van der Waals surface area contributed by atoms with Gasteiger partial charge < -0.3 is 19.7 Å². The Bertz CT molecular complexity index is 1090. The largest absolute Gasteiger partial charge is 0.507 e. The zero-order chi connectivity index (χ0) is 32.3. The summed E-state index contributed by atoms with van der Waals surface area (Å²) in [5, 5.41) is 21.8. The highest BCUT2D eigenvalue weighted by molar-refractivity contribution is 5.70. The molecule has 0 saturated carbocycles. The Kier molecular flexibility index (Phi) is 11.0. The van der Waals surface area contributed by atoms with Gasteiger partial charge in [-0.05, 0) is 92.1 Å². The maximum Gasteiger partial charge on any atom is 0.306 e. The molecule has 0 bridgehead atoms. The van der Waals surface area contributed by atoms with Crippen molar-refractivity contribution in [2.24, 2.45) is 0 Å². The van der Waals surface area contributed by atoms with E-state index in [2.05, 4.69) is 0 Å². The Labute approximate surface area is 253 Å². The number of hydrogen-bond donors (Lipinski definition) is 2. The number of phenols is 2. The summed E-state index contributed by atoms with van der Waals surface area (Å²) in [6, 6.07) is 7.65. The topological polar surface area (TPSA) is 93.1 Å². The van der Waals surface area contributed by atoms with Crippen LogP contribution in [-0.2, 0) is 53.9 Å². The van der Waals surface area contributed by atoms with E-state index in [1.807, 2.05) is 107 Å². The van der Waals surface area contributed by atoms with Crippen molar-refractivity contribution in [1.82, 2.24) is 0 Å². The zero-order valence-electron chi connectivity index (χ0n) is 28.1. The summed E-state index contributed by atoms with van der Waals surface area (Å²) in [6.45, 7) is 24.8. The molecule has 0 aliphatic rings. The van der Waals surface area contributed by atoms with E-state index >= 15 is 0 Å². The van der Waals surface area contributed by atoms with Gasteiger partial charge in [-0.15, -0.1) is 0 Å². The van der Waals surface area contributed by atoms with Gasteiger partial charge in [-0.2, -0.15) is 0 Å². The minimum absolute atomic E-state index is 0.132. The van der Waals surface area contributed by atoms with Crippen LogP contribution in [0.25, 0.3) is 0 Å². The molecule has 0 atom stereocenters. The molecule has 0 heterocycles. The monoisotopic (exact) mass is 582 g/mol. The highest BCUT2D eigenvalue weighted by Crippen LogP contribution is 2.41. The molecule has 0 radical (unpaired) electrons. The molecule has 2 aromatic rings. The van der Waals surface area contributed by atoms with Crippen molar-refractivity contribution in [3.05, 3.63) is 57.6 Å². The zero-order valence-corrected chi connectivity index (χ0v) is 28.1. The van der Waals surface area contributed by atoms with Gasteiger partial charge in [0.1, 0.15) is 24.7 Å². The van der Waals surface area contributed by atoms with Crippen LogP contribution in [0.4, 0.5) is 0 Å². The molecule has 0 unspecified atom stereocenters. The molecular weight excluding hydrogens is 528 g/mol. The van der Waals surface area contributed by atoms with Crippen LogP contribution in [0.3, 0.4) is 0 Å². The fraction of sp³-hybridized carbons (Fsp3) is 0.611. The first-order valence-corrected chi connectivity index (χ1v) is 15.1. The fourth-order valence-electron chi connectivity index (χ4n) is 4.85. The van der Waals surface area contributed by atoms with E-state index in [4.69, 9.17) is 9.47 Å². The Morgan fingerprint density at radius 3 is 0.976 bits per heavy atom. The predicted octanol–water partition coefficient (Wildman–Crippen LogP) is 8.63. The number of phenolic OH excluding ortho intramolecular Hbond substituents is 2. The summed E-state index contributed by atoms with van der Waals surface area (Å²) in [5.41, 5.74) is 3.97. The second-order valence-corrected chi connectivity index (χ2v) is 15.6. The molecule has 0 saturated heterocycles. The average Bonchev–Trinajstić information content (AvgIpc) is 2.82. The van der Waals surface area contributed by atoms with E-state index in [1.165, 1.54) is 0 Å². The van der Waals surface area contributed by atoms with Crippen LogP contribution >= 0.6 is 0 Å². The van der Waals surface area contributed by atoms with Crippen LogP contribution in [0.1, 0.15) is 142 Å². The second-order valence-electron chi connectivity index (χ2n) is 15.6. The molecule has 2 aromatic carbocycles. The first kappa shape index (κ1) is 35.2. The lowest BCUT2D eigenvalue weighted by molar-refractivity contribution is -0.147. The van der Waals surface area contributed by atoms with Crippen molar-refractivity contribution in [3.8, 4) is 11.5 Å². The lowest BCUT2D eigenvalue weighted by Gasteiger charge is -2.28. The number of benzene rings is 2. The quantitative estimate of drug-likeness (QED) is 0.227. The first-order chi connectivity index (χ1) is 19.0. The minimum atomic E-state index is -0.320. The third-order valence-electron chi connectivity index (χ3n) is 7.38. The lowest BCUT2D eigenvalue weighted by atomic mass is 9.78. The van der Waals surface area contributed by atoms with E-state index in [0.717, 1.165) is 33.4 Å². The number of aromatic hydroxyl groups is 2. The number of ether oxygens (including phenoxy) is 2. The standard InChI is InChI=1S/C36H54O6/c1-33(2,3)25-17-23(18-26(31(25)39)34(4,5)6)21-41-29(37)15-13-14-16-30(38)42-22-24-19-27(35(7,8)9)32(40)28(20-24)36(10,11)12/h17-20,39-40H,13-16,21-22H2,1-12H3. The number of rotatable bonds is 9. The molecule has 6 heteroatoms. The summed E-state index contributed by atoms with van der Waals surface area (Å²) in [5.74, 6) is -0.0440. The van der Waals surface area contributed by atoms with Crippen molar-refractivity contribution in [2.75, 3.05) is 0 Å². The van der Waals surface area contributed by atoms with Crippen LogP contribution in [-0.4, -0.2) is 22.2 Å². The van der Waals surface area contributed by atoms with Gasteiger partial charge in [0.25, 0.3) is 0 Å². The Morgan fingerprint density at radius 1 is 0.524 bits per heavy atom. The van der Waals surface area contributed by atoms with Crippen LogP contribution in [0.15, 0.2) is 24.3 Å². The summed E-state index contributed by atoms with van der Waals surface area (Å²) in [7, 11) is 0. The van der Waals surface area contributed by atoms with Gasteiger partial charge in [-0.3, -0.25) is 9.59 Å². The Morgan fingerprint density at radius 2 is 0.762 bits per heavy atom. The average molecular weight is 583 g/mol. The second kappa shape index (κ2) is 13.1. The van der Waals surface area contributed by atoms with Crippen LogP contribution < -0.4 is 0 Å². The van der Waals surface area contributed by atoms with Gasteiger partial charge in [0, 0.05) is 12.8 Å². The van der Waals surface area contributed by atoms with Crippen molar-refractivity contribution in [1.29, 1.82) is 0 Å². The number of carbonyl (C=O) groups excluding carboxylic acids is 2. The third-order valence-corrected chi connectivity index (χ3v) is 7.38. The molecule has 42 heavy (non-hydrogen) atoms. The molecule has 2 rings (SSSR count). The Balaban J connectivity index is 1.91. The molecule has 234 valence electrons. The van der Waals surface area contributed by atoms with Gasteiger partial charge in [0.2, 0.25) is 0 Å². The van der Waals surface area contributed by atoms with Gasteiger partial charge in [-0.1, -0.05) is 83.1 Å². The lowest BCUT2D eigenvalue weighted by Crippen LogP contribution is -2.18. The molecule has 0 aromatic heterocycles. The number of unbranched alkanes of at least 4 members (excludes halogenated alkanes) is 1. The number of carbonyl (C=O) groups is 2. The number of esters is 2. The first-order valence-electron chi connectivity index (χ1n) is 15.1. The molecule has 0 spiro atoms. The van der Waals surface area contributed by atoms with E-state index in [0.29, 0.717) is 24.3 Å². The molecule has 0 amide bonds. The van der Waals surface area contributed by atoms with Gasteiger partial charge in [0.05, 0.1) is 0 Å². The third kappa shape index (κ3) is 9.78. The number of hydrogen-bond acceptors (Lipinski definition) is 6. The normalized spacial score (nSPS) is 12.8. The minimum Gasteiger partial charge on any atom is -0.507 e. The molecule has 0 aliphatic carbocycles. The van der Waals surface area contributed by atoms with Crippen molar-refractivity contribution in [2.45, 2.75) is 144 Å². The van der Waals surface area contributed by atoms with E-state index in [1.54, 1.807) is 0 Å². The van der Waals surface area contributed by atoms with Crippen molar-refractivity contribution < 1.29 is 29.3 Å². The van der Waals surface area contributed by atoms with Gasteiger partial charge in [0.15, 0.2) is 0 Å². The highest BCUT2D eigenvalue weighted by atomic mass is 16.5. The molecule has 6 nitrogen and oxygen atoms in total. The van der Waals surface area contributed by atoms with Crippen LogP contribution in [0.5, 0.6) is 11.5 Å². The fourth-order valence-corrected chi connectivity index (χ4v) is 4.85. The maximum atomic E-state index is 12.4. The van der Waals surface area contributed by atoms with E-state index in [-0.39, 0.29) is 59.7 Å². The van der Waals surface area contributed by atoms with Crippen molar-refractivity contribution in [3.63, 3.8) is 0 Å². The van der Waals surface area contributed by atoms with Gasteiger partial charge >= 0.3 is 11.9 Å². The van der Waals surface area contributed by atoms with Crippen molar-refractivity contribution >= 4 is 11.9 Å². The van der Waals surface area contributed by atoms with Gasteiger partial charge in [-0.25, -0.2) is 0 Å². The summed E-state index contributed by atoms with van der Waals surface area (Å²) in [6.07, 6.45) is 1.47. The molecule has 0 fully saturated rings. The summed E-state index contributed by atoms with van der Waals surface area (Å²) < 4.78 is 11.1. The smallest absolute Gasteiger partial charge is 0.306 e. The molecular formula is C36H54O6. The van der Waals surface area contributed by atoms with E-state index in [9.17, 15) is 19.8 Å². The van der Waals surface area contributed by atoms with Crippen LogP contribution in [0, 0.1) is 0 Å². The molecule has 0 aliphatic heterocycles. The SMILES string of the molecule is CC(C)(C)c1cc(COC(=O)CCCCC(=O)OCc2cc(C(C)(C)C)c(O)c(C(C)(C)C)c2)cc(C(C)(C)C)c1O. The Hall–Kier alpha value is -3.02. The summed E-state index contributed by atoms with van der Waals surface area (Å²) in [4.78, 5) is 24.9. The highest BCUT2D eigenvalue weighted by Gasteiger charge is 2.28. The summed E-state index contributed by atoms with van der Waals surface area (Å²) >= 11 is 0. The maximum absolute atomic E-state index is 12.4. The molecule has 2 N–H and O–H groups in total. The van der Waals surface area contributed by atoms with Crippen LogP contribution in [0.2, 0.25) is 0 Å². The predicted molar refractivity (Wildman–Crippen MR) is 169 cm³/mol. The van der Waals surface area contributed by atoms with E-state index < -0.39 is 0 Å².